The first-order valence-corrected chi connectivity index (χ1v) is 12.3. The van der Waals surface area contributed by atoms with Crippen LogP contribution >= 0.6 is 11.6 Å². The number of Topliss-reactive ketones (excluding diaryl/α,β-unsaturated/α-hetero) is 1. The van der Waals surface area contributed by atoms with Gasteiger partial charge in [-0.25, -0.2) is 4.39 Å². The maximum atomic E-state index is 14.0. The third kappa shape index (κ3) is 6.19. The van der Waals surface area contributed by atoms with Gasteiger partial charge in [0.1, 0.15) is 12.3 Å². The minimum atomic E-state index is -0.697. The largest absolute Gasteiger partial charge is 0.482 e. The number of piperidine rings is 1. The number of benzene rings is 2. The summed E-state index contributed by atoms with van der Waals surface area (Å²) in [6.07, 6.45) is 1.28. The van der Waals surface area contributed by atoms with Crippen molar-refractivity contribution in [3.05, 3.63) is 52.8 Å². The van der Waals surface area contributed by atoms with Crippen LogP contribution < -0.4 is 14.4 Å². The molecule has 2 aliphatic heterocycles. The van der Waals surface area contributed by atoms with E-state index in [9.17, 15) is 23.6 Å². The summed E-state index contributed by atoms with van der Waals surface area (Å²) in [6.45, 7) is 1.72. The summed E-state index contributed by atoms with van der Waals surface area (Å²) in [5, 5.41) is 0.200. The fourth-order valence-corrected chi connectivity index (χ4v) is 4.42. The molecule has 1 atom stereocenters. The van der Waals surface area contributed by atoms with Gasteiger partial charge in [0, 0.05) is 23.7 Å². The van der Waals surface area contributed by atoms with Crippen molar-refractivity contribution in [3.63, 3.8) is 0 Å². The first-order chi connectivity index (χ1) is 17.8. The standard InChI is InChI=1S/C26H26ClFN2O7/c1-2-35-26(34)17-4-3-9-29(12-17)24(32)13-30-20-10-16(5-7-23(20)37-15-25(30)33)21(31)14-36-22-8-6-18(27)11-19(22)28/h5-8,10-11,17H,2-4,9,12-15H2,1H3. The molecule has 2 aromatic carbocycles. The van der Waals surface area contributed by atoms with Crippen LogP contribution in [0.1, 0.15) is 30.1 Å². The van der Waals surface area contributed by atoms with Gasteiger partial charge in [-0.1, -0.05) is 11.6 Å². The third-order valence-corrected chi connectivity index (χ3v) is 6.40. The molecule has 1 fully saturated rings. The molecule has 1 unspecified atom stereocenters. The monoisotopic (exact) mass is 532 g/mol. The summed E-state index contributed by atoms with van der Waals surface area (Å²) in [5.74, 6) is -2.44. The predicted molar refractivity (Wildman–Crippen MR) is 131 cm³/mol. The molecule has 1 saturated heterocycles. The molecule has 2 aliphatic rings. The molecule has 0 aliphatic carbocycles. The van der Waals surface area contributed by atoms with Gasteiger partial charge in [-0.3, -0.25) is 24.1 Å². The number of hydrogen-bond donors (Lipinski definition) is 0. The fourth-order valence-electron chi connectivity index (χ4n) is 4.26. The number of anilines is 1. The third-order valence-electron chi connectivity index (χ3n) is 6.16. The molecule has 0 radical (unpaired) electrons. The molecule has 0 spiro atoms. The second kappa shape index (κ2) is 11.6. The van der Waals surface area contributed by atoms with E-state index in [1.165, 1.54) is 35.2 Å². The molecule has 2 aromatic rings. The molecule has 11 heteroatoms. The first kappa shape index (κ1) is 26.4. The number of rotatable bonds is 8. The molecular weight excluding hydrogens is 507 g/mol. The van der Waals surface area contributed by atoms with E-state index in [2.05, 4.69) is 0 Å². The lowest BCUT2D eigenvalue weighted by molar-refractivity contribution is -0.151. The highest BCUT2D eigenvalue weighted by atomic mass is 35.5. The first-order valence-electron chi connectivity index (χ1n) is 11.9. The number of halogens is 2. The summed E-state index contributed by atoms with van der Waals surface area (Å²) in [5.41, 5.74) is 0.469. The van der Waals surface area contributed by atoms with Crippen molar-refractivity contribution >= 4 is 40.9 Å². The molecule has 196 valence electrons. The Kier molecular flexibility index (Phi) is 8.27. The van der Waals surface area contributed by atoms with Crippen LogP contribution in [0.4, 0.5) is 10.1 Å². The number of carbonyl (C=O) groups excluding carboxylic acids is 4. The molecule has 37 heavy (non-hydrogen) atoms. The molecular formula is C26H26ClFN2O7. The Balaban J connectivity index is 1.46. The van der Waals surface area contributed by atoms with Crippen LogP contribution in [0.25, 0.3) is 0 Å². The zero-order valence-electron chi connectivity index (χ0n) is 20.2. The van der Waals surface area contributed by atoms with Crippen LogP contribution in [0.5, 0.6) is 11.5 Å². The minimum Gasteiger partial charge on any atom is -0.482 e. The predicted octanol–water partition coefficient (Wildman–Crippen LogP) is 3.27. The van der Waals surface area contributed by atoms with Crippen LogP contribution in [-0.2, 0) is 19.1 Å². The Bertz CT molecular complexity index is 1220. The summed E-state index contributed by atoms with van der Waals surface area (Å²) in [6, 6.07) is 8.33. The highest BCUT2D eigenvalue weighted by molar-refractivity contribution is 6.30. The lowest BCUT2D eigenvalue weighted by Crippen LogP contribution is -2.49. The lowest BCUT2D eigenvalue weighted by Gasteiger charge is -2.34. The number of ketones is 1. The van der Waals surface area contributed by atoms with Crippen LogP contribution in [0.15, 0.2) is 36.4 Å². The zero-order valence-corrected chi connectivity index (χ0v) is 21.0. The number of fused-ring (bicyclic) bond motifs is 1. The summed E-state index contributed by atoms with van der Waals surface area (Å²) in [4.78, 5) is 53.5. The quantitative estimate of drug-likeness (QED) is 0.380. The van der Waals surface area contributed by atoms with E-state index in [4.69, 9.17) is 25.8 Å². The maximum Gasteiger partial charge on any atom is 0.310 e. The summed E-state index contributed by atoms with van der Waals surface area (Å²) in [7, 11) is 0. The highest BCUT2D eigenvalue weighted by Crippen LogP contribution is 2.33. The Hall–Kier alpha value is -3.66. The topological polar surface area (TPSA) is 102 Å². The van der Waals surface area contributed by atoms with Gasteiger partial charge in [0.2, 0.25) is 5.91 Å². The Morgan fingerprint density at radius 3 is 2.76 bits per heavy atom. The van der Waals surface area contributed by atoms with E-state index in [1.807, 2.05) is 0 Å². The number of carbonyl (C=O) groups is 4. The highest BCUT2D eigenvalue weighted by Gasteiger charge is 2.33. The molecule has 9 nitrogen and oxygen atoms in total. The number of hydrogen-bond acceptors (Lipinski definition) is 7. The zero-order chi connectivity index (χ0) is 26.5. The van der Waals surface area contributed by atoms with E-state index < -0.39 is 30.0 Å². The molecule has 2 amide bonds. The minimum absolute atomic E-state index is 0.121. The maximum absolute atomic E-state index is 14.0. The van der Waals surface area contributed by atoms with E-state index in [0.29, 0.717) is 25.1 Å². The van der Waals surface area contributed by atoms with Crippen molar-refractivity contribution in [2.45, 2.75) is 19.8 Å². The van der Waals surface area contributed by atoms with Crippen LogP contribution in [0.2, 0.25) is 5.02 Å². The molecule has 2 heterocycles. The summed E-state index contributed by atoms with van der Waals surface area (Å²) < 4.78 is 29.8. The van der Waals surface area contributed by atoms with Gasteiger partial charge in [-0.2, -0.15) is 0 Å². The summed E-state index contributed by atoms with van der Waals surface area (Å²) >= 11 is 5.73. The van der Waals surface area contributed by atoms with Gasteiger partial charge in [0.05, 0.1) is 18.2 Å². The second-order valence-electron chi connectivity index (χ2n) is 8.67. The van der Waals surface area contributed by atoms with Gasteiger partial charge < -0.3 is 19.1 Å². The smallest absolute Gasteiger partial charge is 0.310 e. The number of amides is 2. The molecule has 0 aromatic heterocycles. The van der Waals surface area contributed by atoms with Crippen molar-refractivity contribution in [3.8, 4) is 11.5 Å². The van der Waals surface area contributed by atoms with Gasteiger partial charge >= 0.3 is 5.97 Å². The second-order valence-corrected chi connectivity index (χ2v) is 9.11. The normalized spacial score (nSPS) is 17.1. The van der Waals surface area contributed by atoms with Crippen LogP contribution in [0, 0.1) is 11.7 Å². The Labute approximate surface area is 218 Å². The number of nitrogens with zero attached hydrogens (tertiary/aromatic N) is 2. The molecule has 0 bridgehead atoms. The Morgan fingerprint density at radius 1 is 1.19 bits per heavy atom. The van der Waals surface area contributed by atoms with E-state index in [0.717, 1.165) is 6.07 Å². The number of esters is 1. The van der Waals surface area contributed by atoms with Gasteiger partial charge in [-0.15, -0.1) is 0 Å². The van der Waals surface area contributed by atoms with Crippen molar-refractivity contribution in [2.24, 2.45) is 5.92 Å². The van der Waals surface area contributed by atoms with E-state index in [1.54, 1.807) is 11.8 Å². The SMILES string of the molecule is CCOC(=O)C1CCCN(C(=O)CN2C(=O)COc3ccc(C(=O)COc4ccc(Cl)cc4F)cc32)C1. The number of likely N-dealkylation sites (tertiary alicyclic amines) is 1. The average Bonchev–Trinajstić information content (AvgIpc) is 2.89. The lowest BCUT2D eigenvalue weighted by atomic mass is 9.98. The van der Waals surface area contributed by atoms with Crippen LogP contribution in [-0.4, -0.2) is 67.9 Å². The van der Waals surface area contributed by atoms with Gasteiger partial charge in [0.25, 0.3) is 5.91 Å². The van der Waals surface area contributed by atoms with E-state index >= 15 is 0 Å². The van der Waals surface area contributed by atoms with E-state index in [-0.39, 0.29) is 60.2 Å². The van der Waals surface area contributed by atoms with Crippen molar-refractivity contribution in [2.75, 3.05) is 44.4 Å². The van der Waals surface area contributed by atoms with Crippen LogP contribution in [0.3, 0.4) is 0 Å². The molecule has 0 saturated carbocycles. The van der Waals surface area contributed by atoms with Crippen molar-refractivity contribution in [1.29, 1.82) is 0 Å². The average molecular weight is 533 g/mol. The Morgan fingerprint density at radius 2 is 2.00 bits per heavy atom. The van der Waals surface area contributed by atoms with Crippen molar-refractivity contribution < 1.29 is 37.8 Å². The van der Waals surface area contributed by atoms with Gasteiger partial charge in [0.15, 0.2) is 30.6 Å². The van der Waals surface area contributed by atoms with Crippen molar-refractivity contribution in [1.82, 2.24) is 4.90 Å². The molecule has 0 N–H and O–H groups in total. The fraction of sp³-hybridized carbons (Fsp3) is 0.385. The number of ether oxygens (including phenoxy) is 3. The molecule has 4 rings (SSSR count). The van der Waals surface area contributed by atoms with Gasteiger partial charge in [-0.05, 0) is 56.2 Å².